The summed E-state index contributed by atoms with van der Waals surface area (Å²) < 4.78 is 14.0. The summed E-state index contributed by atoms with van der Waals surface area (Å²) in [4.78, 5) is 21.7. The highest BCUT2D eigenvalue weighted by Crippen LogP contribution is 2.24. The molecule has 31 heavy (non-hydrogen) atoms. The van der Waals surface area contributed by atoms with Crippen molar-refractivity contribution in [1.82, 2.24) is 20.1 Å². The molecule has 1 aromatic heterocycles. The maximum atomic E-state index is 14.0. The van der Waals surface area contributed by atoms with Gasteiger partial charge >= 0.3 is 0 Å². The largest absolute Gasteiger partial charge is 0.355 e. The van der Waals surface area contributed by atoms with Crippen LogP contribution >= 0.6 is 0 Å². The molecule has 2 aromatic rings. The number of carbonyl (C=O) groups is 1. The van der Waals surface area contributed by atoms with Crippen LogP contribution in [0.3, 0.4) is 0 Å². The molecule has 0 spiro atoms. The van der Waals surface area contributed by atoms with E-state index in [1.165, 1.54) is 25.5 Å². The smallest absolute Gasteiger partial charge is 0.220 e. The molecule has 6 heteroatoms. The number of carbonyl (C=O) groups excluding carboxylic acids is 1. The molecule has 168 valence electrons. The summed E-state index contributed by atoms with van der Waals surface area (Å²) in [7, 11) is 0. The molecule has 0 saturated carbocycles. The minimum Gasteiger partial charge on any atom is -0.355 e. The fourth-order valence-corrected chi connectivity index (χ4v) is 5.10. The van der Waals surface area contributed by atoms with Crippen molar-refractivity contribution in [3.8, 4) is 0 Å². The van der Waals surface area contributed by atoms with Gasteiger partial charge in [0.1, 0.15) is 11.3 Å². The monoisotopic (exact) mass is 426 g/mol. The third-order valence-corrected chi connectivity index (χ3v) is 7.04. The molecule has 2 aliphatic heterocycles. The predicted molar refractivity (Wildman–Crippen MR) is 122 cm³/mol. The number of rotatable bonds is 8. The van der Waals surface area contributed by atoms with Crippen LogP contribution in [0.2, 0.25) is 0 Å². The lowest BCUT2D eigenvalue weighted by Gasteiger charge is -2.31. The zero-order chi connectivity index (χ0) is 21.6. The second-order valence-electron chi connectivity index (χ2n) is 9.10. The van der Waals surface area contributed by atoms with E-state index in [1.807, 2.05) is 18.2 Å². The van der Waals surface area contributed by atoms with E-state index in [1.54, 1.807) is 6.07 Å². The fraction of sp³-hybridized carbons (Fsp3) is 0.600. The Balaban J connectivity index is 1.17. The van der Waals surface area contributed by atoms with Crippen LogP contribution in [0, 0.1) is 11.7 Å². The Bertz CT molecular complexity index is 881. The second-order valence-corrected chi connectivity index (χ2v) is 9.10. The first kappa shape index (κ1) is 22.2. The Hall–Kier alpha value is -2.05. The van der Waals surface area contributed by atoms with E-state index < -0.39 is 0 Å². The van der Waals surface area contributed by atoms with E-state index in [2.05, 4.69) is 27.0 Å². The van der Waals surface area contributed by atoms with Gasteiger partial charge in [0.25, 0.3) is 0 Å². The van der Waals surface area contributed by atoms with Gasteiger partial charge in [0, 0.05) is 30.9 Å². The van der Waals surface area contributed by atoms with Gasteiger partial charge in [-0.2, -0.15) is 0 Å². The number of amides is 1. The lowest BCUT2D eigenvalue weighted by Crippen LogP contribution is -2.40. The van der Waals surface area contributed by atoms with Crippen LogP contribution in [-0.2, 0) is 11.3 Å². The Morgan fingerprint density at radius 3 is 2.81 bits per heavy atom. The number of para-hydroxylation sites is 1. The van der Waals surface area contributed by atoms with Gasteiger partial charge in [0.15, 0.2) is 0 Å². The molecule has 4 rings (SSSR count). The summed E-state index contributed by atoms with van der Waals surface area (Å²) >= 11 is 0. The fourth-order valence-electron chi connectivity index (χ4n) is 5.10. The topological polar surface area (TPSA) is 48.5 Å². The van der Waals surface area contributed by atoms with Crippen molar-refractivity contribution in [3.63, 3.8) is 0 Å². The van der Waals surface area contributed by atoms with Gasteiger partial charge in [0.05, 0.1) is 5.69 Å². The van der Waals surface area contributed by atoms with Crippen molar-refractivity contribution in [2.24, 2.45) is 5.92 Å². The third kappa shape index (κ3) is 5.80. The van der Waals surface area contributed by atoms with Crippen LogP contribution in [0.1, 0.15) is 51.1 Å². The van der Waals surface area contributed by atoms with Crippen molar-refractivity contribution in [2.45, 2.75) is 58.0 Å². The number of pyridine rings is 1. The van der Waals surface area contributed by atoms with Gasteiger partial charge in [-0.25, -0.2) is 9.37 Å². The van der Waals surface area contributed by atoms with Crippen LogP contribution in [0.15, 0.2) is 30.3 Å². The normalized spacial score (nSPS) is 21.0. The van der Waals surface area contributed by atoms with Gasteiger partial charge in [-0.15, -0.1) is 0 Å². The highest BCUT2D eigenvalue weighted by atomic mass is 19.1. The maximum absolute atomic E-state index is 14.0. The molecule has 2 saturated heterocycles. The Labute approximate surface area is 185 Å². The molecule has 1 atom stereocenters. The summed E-state index contributed by atoms with van der Waals surface area (Å²) in [5, 5.41) is 4.00. The average molecular weight is 427 g/mol. The molecule has 1 aromatic carbocycles. The lowest BCUT2D eigenvalue weighted by atomic mass is 9.92. The maximum Gasteiger partial charge on any atom is 0.220 e. The third-order valence-electron chi connectivity index (χ3n) is 7.04. The van der Waals surface area contributed by atoms with Gasteiger partial charge < -0.3 is 5.32 Å². The van der Waals surface area contributed by atoms with Crippen molar-refractivity contribution in [2.75, 3.05) is 32.7 Å². The zero-order valence-corrected chi connectivity index (χ0v) is 18.7. The van der Waals surface area contributed by atoms with E-state index in [4.69, 9.17) is 0 Å². The Kier molecular flexibility index (Phi) is 7.51. The molecule has 2 aliphatic rings. The van der Waals surface area contributed by atoms with E-state index in [0.29, 0.717) is 23.9 Å². The van der Waals surface area contributed by atoms with E-state index >= 15 is 0 Å². The number of hydrogen-bond acceptors (Lipinski definition) is 4. The standard InChI is InChI=1S/C25H35FN4O/c1-2-30-14-4-6-22(30)17-27-24(31)11-8-19-12-15-29(16-13-19)18-21-10-9-20-5-3-7-23(26)25(20)28-21/h3,5,7,9-10,19,22H,2,4,6,8,11-18H2,1H3,(H,27,31)/t22-/m0/s1. The number of piperidine rings is 1. The molecule has 1 amide bonds. The summed E-state index contributed by atoms with van der Waals surface area (Å²) in [6, 6.07) is 9.56. The van der Waals surface area contributed by atoms with Gasteiger partial charge in [-0.3, -0.25) is 14.6 Å². The summed E-state index contributed by atoms with van der Waals surface area (Å²) in [6.07, 6.45) is 6.28. The van der Waals surface area contributed by atoms with E-state index in [0.717, 1.165) is 63.1 Å². The van der Waals surface area contributed by atoms with Crippen LogP contribution < -0.4 is 5.32 Å². The van der Waals surface area contributed by atoms with Crippen LogP contribution in [-0.4, -0.2) is 59.5 Å². The second kappa shape index (κ2) is 10.5. The minimum absolute atomic E-state index is 0.202. The Morgan fingerprint density at radius 2 is 2.00 bits per heavy atom. The molecule has 3 heterocycles. The van der Waals surface area contributed by atoms with Crippen molar-refractivity contribution < 1.29 is 9.18 Å². The van der Waals surface area contributed by atoms with Gasteiger partial charge in [0.2, 0.25) is 5.91 Å². The molecular weight excluding hydrogens is 391 g/mol. The number of hydrogen-bond donors (Lipinski definition) is 1. The number of nitrogens with one attached hydrogen (secondary N) is 1. The number of fused-ring (bicyclic) bond motifs is 1. The van der Waals surface area contributed by atoms with Gasteiger partial charge in [-0.1, -0.05) is 25.1 Å². The number of likely N-dealkylation sites (tertiary alicyclic amines) is 2. The first-order valence-electron chi connectivity index (χ1n) is 11.9. The zero-order valence-electron chi connectivity index (χ0n) is 18.7. The first-order valence-corrected chi connectivity index (χ1v) is 11.9. The summed E-state index contributed by atoms with van der Waals surface area (Å²) in [5.41, 5.74) is 1.38. The number of likely N-dealkylation sites (N-methyl/N-ethyl adjacent to an activating group) is 1. The SMILES string of the molecule is CCN1CCC[C@H]1CNC(=O)CCC1CCN(Cc2ccc3cccc(F)c3n2)CC1. The molecule has 1 N–H and O–H groups in total. The van der Waals surface area contributed by atoms with Gasteiger partial charge in [-0.05, 0) is 76.3 Å². The van der Waals surface area contributed by atoms with E-state index in [-0.39, 0.29) is 11.7 Å². The molecule has 0 bridgehead atoms. The number of halogens is 1. The van der Waals surface area contributed by atoms with Crippen molar-refractivity contribution in [3.05, 3.63) is 41.8 Å². The van der Waals surface area contributed by atoms with Crippen LogP contribution in [0.25, 0.3) is 10.9 Å². The van der Waals surface area contributed by atoms with Crippen LogP contribution in [0.5, 0.6) is 0 Å². The number of aromatic nitrogens is 1. The van der Waals surface area contributed by atoms with Crippen molar-refractivity contribution in [1.29, 1.82) is 0 Å². The predicted octanol–water partition coefficient (Wildman–Crippen LogP) is 3.97. The summed E-state index contributed by atoms with van der Waals surface area (Å²) in [6.45, 7) is 8.01. The average Bonchev–Trinajstić information content (AvgIpc) is 3.25. The van der Waals surface area contributed by atoms with Crippen molar-refractivity contribution >= 4 is 16.8 Å². The highest BCUT2D eigenvalue weighted by Gasteiger charge is 2.24. The molecular formula is C25H35FN4O. The first-order chi connectivity index (χ1) is 15.1. The quantitative estimate of drug-likeness (QED) is 0.694. The Morgan fingerprint density at radius 1 is 1.16 bits per heavy atom. The molecule has 0 unspecified atom stereocenters. The number of nitrogens with zero attached hydrogens (tertiary/aromatic N) is 3. The highest BCUT2D eigenvalue weighted by molar-refractivity contribution is 5.79. The van der Waals surface area contributed by atoms with Crippen LogP contribution in [0.4, 0.5) is 4.39 Å². The molecule has 5 nitrogen and oxygen atoms in total. The molecule has 0 aliphatic carbocycles. The summed E-state index contributed by atoms with van der Waals surface area (Å²) in [5.74, 6) is 0.557. The number of benzene rings is 1. The molecule has 2 fully saturated rings. The lowest BCUT2D eigenvalue weighted by molar-refractivity contribution is -0.121. The minimum atomic E-state index is -0.258. The molecule has 0 radical (unpaired) electrons. The van der Waals surface area contributed by atoms with E-state index in [9.17, 15) is 9.18 Å².